The van der Waals surface area contributed by atoms with Crippen molar-refractivity contribution in [2.24, 2.45) is 5.92 Å². The van der Waals surface area contributed by atoms with Gasteiger partial charge in [-0.3, -0.25) is 14.4 Å². The number of hydrogen-bond acceptors (Lipinski definition) is 5. The first-order valence-electron chi connectivity index (χ1n) is 9.70. The maximum absolute atomic E-state index is 12.5. The molecule has 1 aliphatic rings. The van der Waals surface area contributed by atoms with Gasteiger partial charge >= 0.3 is 0 Å². The Morgan fingerprint density at radius 1 is 1.14 bits per heavy atom. The normalized spacial score (nSPS) is 14.3. The summed E-state index contributed by atoms with van der Waals surface area (Å²) in [4.78, 5) is 37.9. The number of likely N-dealkylation sites (tertiary alicyclic amines) is 1. The van der Waals surface area contributed by atoms with Crippen LogP contribution in [0.25, 0.3) is 0 Å². The maximum Gasteiger partial charge on any atom is 0.289 e. The molecule has 0 saturated carbocycles. The molecule has 2 N–H and O–H groups in total. The minimum absolute atomic E-state index is 0.0468. The number of nitrogens with one attached hydrogen (secondary N) is 2. The van der Waals surface area contributed by atoms with E-state index >= 15 is 0 Å². The minimum atomic E-state index is -0.179. The number of hydrogen-bond donors (Lipinski definition) is 2. The van der Waals surface area contributed by atoms with Gasteiger partial charge in [-0.05, 0) is 56.2 Å². The van der Waals surface area contributed by atoms with Crippen LogP contribution in [0.5, 0.6) is 5.75 Å². The molecular formula is C21H25N3O5. The Balaban J connectivity index is 1.45. The SMILES string of the molecule is CCNC(=O)COc1ccc(NC(=O)C2CCN(C(=O)c3ccco3)CC2)cc1. The molecule has 29 heavy (non-hydrogen) atoms. The molecule has 0 bridgehead atoms. The Morgan fingerprint density at radius 3 is 2.48 bits per heavy atom. The number of likely N-dealkylation sites (N-methyl/N-ethyl adjacent to an activating group) is 1. The number of furan rings is 1. The summed E-state index contributed by atoms with van der Waals surface area (Å²) in [6.07, 6.45) is 2.68. The number of piperidine rings is 1. The number of rotatable bonds is 7. The van der Waals surface area contributed by atoms with E-state index in [2.05, 4.69) is 10.6 Å². The lowest BCUT2D eigenvalue weighted by molar-refractivity contribution is -0.123. The fraction of sp³-hybridized carbons (Fsp3) is 0.381. The molecule has 8 heteroatoms. The van der Waals surface area contributed by atoms with Crippen molar-refractivity contribution in [3.63, 3.8) is 0 Å². The van der Waals surface area contributed by atoms with Crippen molar-refractivity contribution in [1.29, 1.82) is 0 Å². The van der Waals surface area contributed by atoms with Crippen molar-refractivity contribution in [2.75, 3.05) is 31.6 Å². The van der Waals surface area contributed by atoms with E-state index < -0.39 is 0 Å². The first kappa shape index (κ1) is 20.4. The van der Waals surface area contributed by atoms with Crippen LogP contribution in [-0.4, -0.2) is 48.9 Å². The molecule has 1 fully saturated rings. The lowest BCUT2D eigenvalue weighted by Gasteiger charge is -2.30. The molecule has 1 aromatic carbocycles. The van der Waals surface area contributed by atoms with E-state index in [0.717, 1.165) is 0 Å². The summed E-state index contributed by atoms with van der Waals surface area (Å²) in [7, 11) is 0. The monoisotopic (exact) mass is 399 g/mol. The molecule has 0 atom stereocenters. The van der Waals surface area contributed by atoms with Crippen molar-refractivity contribution in [1.82, 2.24) is 10.2 Å². The number of nitrogens with zero attached hydrogens (tertiary/aromatic N) is 1. The van der Waals surface area contributed by atoms with Crippen LogP contribution in [0.3, 0.4) is 0 Å². The van der Waals surface area contributed by atoms with E-state index in [4.69, 9.17) is 9.15 Å². The van der Waals surface area contributed by atoms with Crippen LogP contribution in [0, 0.1) is 5.92 Å². The molecule has 0 unspecified atom stereocenters. The van der Waals surface area contributed by atoms with Crippen molar-refractivity contribution in [2.45, 2.75) is 19.8 Å². The fourth-order valence-electron chi connectivity index (χ4n) is 3.18. The summed E-state index contributed by atoms with van der Waals surface area (Å²) in [6, 6.07) is 10.2. The van der Waals surface area contributed by atoms with Crippen molar-refractivity contribution < 1.29 is 23.5 Å². The minimum Gasteiger partial charge on any atom is -0.484 e. The van der Waals surface area contributed by atoms with Gasteiger partial charge in [-0.2, -0.15) is 0 Å². The number of benzene rings is 1. The van der Waals surface area contributed by atoms with Crippen LogP contribution in [0.4, 0.5) is 5.69 Å². The van der Waals surface area contributed by atoms with E-state index in [1.54, 1.807) is 41.3 Å². The maximum atomic E-state index is 12.5. The summed E-state index contributed by atoms with van der Waals surface area (Å²) >= 11 is 0. The van der Waals surface area contributed by atoms with Gasteiger partial charge in [-0.15, -0.1) is 0 Å². The van der Waals surface area contributed by atoms with E-state index in [-0.39, 0.29) is 30.2 Å². The van der Waals surface area contributed by atoms with Crippen LogP contribution in [0.15, 0.2) is 47.1 Å². The van der Waals surface area contributed by atoms with Gasteiger partial charge in [-0.1, -0.05) is 0 Å². The van der Waals surface area contributed by atoms with Crippen molar-refractivity contribution in [3.05, 3.63) is 48.4 Å². The number of amides is 3. The predicted octanol–water partition coefficient (Wildman–Crippen LogP) is 2.29. The quantitative estimate of drug-likeness (QED) is 0.744. The van der Waals surface area contributed by atoms with Crippen LogP contribution in [-0.2, 0) is 9.59 Å². The smallest absolute Gasteiger partial charge is 0.289 e. The largest absolute Gasteiger partial charge is 0.484 e. The number of ether oxygens (including phenoxy) is 1. The average molecular weight is 399 g/mol. The molecule has 3 rings (SSSR count). The van der Waals surface area contributed by atoms with Crippen molar-refractivity contribution >= 4 is 23.4 Å². The van der Waals surface area contributed by atoms with Crippen LogP contribution in [0.1, 0.15) is 30.3 Å². The Kier molecular flexibility index (Phi) is 6.89. The molecule has 1 aromatic heterocycles. The fourth-order valence-corrected chi connectivity index (χ4v) is 3.18. The second kappa shape index (κ2) is 9.77. The third kappa shape index (κ3) is 5.60. The highest BCUT2D eigenvalue weighted by atomic mass is 16.5. The lowest BCUT2D eigenvalue weighted by Crippen LogP contribution is -2.41. The zero-order chi connectivity index (χ0) is 20.6. The van der Waals surface area contributed by atoms with Crippen LogP contribution < -0.4 is 15.4 Å². The van der Waals surface area contributed by atoms with E-state index in [0.29, 0.717) is 49.7 Å². The Bertz CT molecular complexity index is 825. The highest BCUT2D eigenvalue weighted by molar-refractivity contribution is 5.94. The number of anilines is 1. The highest BCUT2D eigenvalue weighted by Gasteiger charge is 2.28. The molecular weight excluding hydrogens is 374 g/mol. The van der Waals surface area contributed by atoms with Gasteiger partial charge < -0.3 is 24.7 Å². The zero-order valence-electron chi connectivity index (χ0n) is 16.3. The van der Waals surface area contributed by atoms with Gasteiger partial charge in [0.05, 0.1) is 6.26 Å². The van der Waals surface area contributed by atoms with Crippen LogP contribution >= 0.6 is 0 Å². The third-order valence-electron chi connectivity index (χ3n) is 4.75. The molecule has 0 radical (unpaired) electrons. The van der Waals surface area contributed by atoms with Crippen LogP contribution in [0.2, 0.25) is 0 Å². The van der Waals surface area contributed by atoms with E-state index in [9.17, 15) is 14.4 Å². The topological polar surface area (TPSA) is 101 Å². The summed E-state index contributed by atoms with van der Waals surface area (Å²) in [5.41, 5.74) is 0.662. The number of carbonyl (C=O) groups excluding carboxylic acids is 3. The first-order chi connectivity index (χ1) is 14.1. The zero-order valence-corrected chi connectivity index (χ0v) is 16.3. The van der Waals surface area contributed by atoms with E-state index in [1.807, 2.05) is 6.92 Å². The molecule has 1 saturated heterocycles. The summed E-state index contributed by atoms with van der Waals surface area (Å²) < 4.78 is 10.5. The van der Waals surface area contributed by atoms with Gasteiger partial charge in [0.1, 0.15) is 5.75 Å². The molecule has 3 amide bonds. The summed E-state index contributed by atoms with van der Waals surface area (Å²) in [5, 5.41) is 5.56. The lowest BCUT2D eigenvalue weighted by atomic mass is 9.95. The van der Waals surface area contributed by atoms with E-state index in [1.165, 1.54) is 6.26 Å². The molecule has 1 aliphatic heterocycles. The van der Waals surface area contributed by atoms with Gasteiger partial charge in [0.25, 0.3) is 11.8 Å². The molecule has 8 nitrogen and oxygen atoms in total. The third-order valence-corrected chi connectivity index (χ3v) is 4.75. The molecule has 2 heterocycles. The number of carbonyl (C=O) groups is 3. The van der Waals surface area contributed by atoms with Gasteiger partial charge in [-0.25, -0.2) is 0 Å². The van der Waals surface area contributed by atoms with Gasteiger partial charge in [0.15, 0.2) is 12.4 Å². The Morgan fingerprint density at radius 2 is 1.86 bits per heavy atom. The summed E-state index contributed by atoms with van der Waals surface area (Å²) in [5.74, 6) is 0.343. The molecule has 2 aromatic rings. The first-order valence-corrected chi connectivity index (χ1v) is 9.70. The van der Waals surface area contributed by atoms with Gasteiger partial charge in [0, 0.05) is 31.2 Å². The Labute approximate surface area is 169 Å². The molecule has 0 aliphatic carbocycles. The van der Waals surface area contributed by atoms with Crippen molar-refractivity contribution in [3.8, 4) is 5.75 Å². The standard InChI is InChI=1S/C21H25N3O5/c1-2-22-19(25)14-29-17-7-5-16(6-8-17)23-20(26)15-9-11-24(12-10-15)21(27)18-4-3-13-28-18/h3-8,13,15H,2,9-12,14H2,1H3,(H,22,25)(H,23,26). The second-order valence-corrected chi connectivity index (χ2v) is 6.80. The predicted molar refractivity (Wildman–Crippen MR) is 107 cm³/mol. The summed E-state index contributed by atoms with van der Waals surface area (Å²) in [6.45, 7) is 3.39. The molecule has 154 valence electrons. The molecule has 0 spiro atoms. The average Bonchev–Trinajstić information content (AvgIpc) is 3.28. The highest BCUT2D eigenvalue weighted by Crippen LogP contribution is 2.22. The Hall–Kier alpha value is -3.29. The second-order valence-electron chi connectivity index (χ2n) is 6.80. The van der Waals surface area contributed by atoms with Gasteiger partial charge in [0.2, 0.25) is 5.91 Å².